The van der Waals surface area contributed by atoms with Crippen molar-refractivity contribution in [3.63, 3.8) is 0 Å². The number of carbonyl (C=O) groups excluding carboxylic acids is 2. The number of ether oxygens (including phenoxy) is 1. The fraction of sp³-hybridized carbons (Fsp3) is 0.529. The molecule has 2 atom stereocenters. The summed E-state index contributed by atoms with van der Waals surface area (Å²) in [4.78, 5) is 25.9. The number of nitrogens with two attached hydrogens (primary N) is 1. The molecule has 0 bridgehead atoms. The van der Waals surface area contributed by atoms with Crippen LogP contribution in [0.15, 0.2) is 12.1 Å². The molecular formula is C17H23ClFN3O3. The Morgan fingerprint density at radius 2 is 2.20 bits per heavy atom. The van der Waals surface area contributed by atoms with Crippen molar-refractivity contribution >= 4 is 29.9 Å². The van der Waals surface area contributed by atoms with Crippen LogP contribution in [-0.2, 0) is 16.0 Å². The smallest absolute Gasteiger partial charge is 0.257 e. The second-order valence-electron chi connectivity index (χ2n) is 6.31. The molecule has 1 fully saturated rings. The average Bonchev–Trinajstić information content (AvgIpc) is 2.59. The van der Waals surface area contributed by atoms with Gasteiger partial charge in [0.25, 0.3) is 5.91 Å². The maximum Gasteiger partial charge on any atom is 0.257 e. The van der Waals surface area contributed by atoms with Gasteiger partial charge in [0.05, 0.1) is 11.7 Å². The van der Waals surface area contributed by atoms with E-state index in [4.69, 9.17) is 10.5 Å². The van der Waals surface area contributed by atoms with E-state index in [0.717, 1.165) is 5.56 Å². The second-order valence-corrected chi connectivity index (χ2v) is 6.31. The van der Waals surface area contributed by atoms with Crippen molar-refractivity contribution in [1.29, 1.82) is 0 Å². The Labute approximate surface area is 152 Å². The van der Waals surface area contributed by atoms with Crippen LogP contribution in [0.25, 0.3) is 0 Å². The van der Waals surface area contributed by atoms with Crippen molar-refractivity contribution in [2.24, 2.45) is 5.73 Å². The molecule has 0 aliphatic carbocycles. The van der Waals surface area contributed by atoms with Gasteiger partial charge in [0.1, 0.15) is 5.82 Å². The summed E-state index contributed by atoms with van der Waals surface area (Å²) in [6, 6.07) is 2.63. The van der Waals surface area contributed by atoms with Crippen LogP contribution < -0.4 is 11.1 Å². The standard InChI is InChI=1S/C17H22FN3O3.ClH/c1-24-12-4-5-21(11(7-12)9-19)17(23)13-6-10-2-3-16(22)20-15(10)8-14(13)18;/h6,8,11-12H,2-5,7,9,19H2,1H3,(H,20,22);1H. The Morgan fingerprint density at radius 1 is 1.44 bits per heavy atom. The summed E-state index contributed by atoms with van der Waals surface area (Å²) in [6.45, 7) is 0.806. The van der Waals surface area contributed by atoms with Gasteiger partial charge < -0.3 is 20.7 Å². The predicted molar refractivity (Wildman–Crippen MR) is 94.5 cm³/mol. The molecule has 2 amide bonds. The van der Waals surface area contributed by atoms with Gasteiger partial charge in [-0.3, -0.25) is 9.59 Å². The van der Waals surface area contributed by atoms with Crippen LogP contribution in [-0.4, -0.2) is 49.1 Å². The van der Waals surface area contributed by atoms with Crippen LogP contribution in [0.1, 0.15) is 35.2 Å². The lowest BCUT2D eigenvalue weighted by atomic mass is 9.96. The number of anilines is 1. The number of hydrogen-bond donors (Lipinski definition) is 2. The SMILES string of the molecule is COC1CCN(C(=O)c2cc3c(cc2F)NC(=O)CC3)C(CN)C1.Cl. The van der Waals surface area contributed by atoms with Gasteiger partial charge in [0, 0.05) is 38.3 Å². The molecule has 0 aromatic heterocycles. The van der Waals surface area contributed by atoms with Gasteiger partial charge >= 0.3 is 0 Å². The first kappa shape index (κ1) is 19.6. The van der Waals surface area contributed by atoms with Gasteiger partial charge in [-0.1, -0.05) is 0 Å². The van der Waals surface area contributed by atoms with Crippen LogP contribution in [0, 0.1) is 5.82 Å². The normalized spacial score (nSPS) is 22.7. The van der Waals surface area contributed by atoms with Crippen molar-refractivity contribution in [3.8, 4) is 0 Å². The van der Waals surface area contributed by atoms with E-state index in [1.165, 1.54) is 6.07 Å². The minimum absolute atomic E-state index is 0. The molecule has 0 spiro atoms. The first-order valence-corrected chi connectivity index (χ1v) is 8.19. The fourth-order valence-corrected chi connectivity index (χ4v) is 3.44. The van der Waals surface area contributed by atoms with Gasteiger partial charge in [-0.15, -0.1) is 12.4 Å². The Hall–Kier alpha value is -1.70. The van der Waals surface area contributed by atoms with Crippen LogP contribution in [0.5, 0.6) is 0 Å². The highest BCUT2D eigenvalue weighted by molar-refractivity contribution is 5.98. The number of fused-ring (bicyclic) bond motifs is 1. The molecule has 8 heteroatoms. The largest absolute Gasteiger partial charge is 0.381 e. The summed E-state index contributed by atoms with van der Waals surface area (Å²) >= 11 is 0. The summed E-state index contributed by atoms with van der Waals surface area (Å²) in [6.07, 6.45) is 2.29. The van der Waals surface area contributed by atoms with Crippen molar-refractivity contribution in [1.82, 2.24) is 4.90 Å². The Morgan fingerprint density at radius 3 is 2.88 bits per heavy atom. The van der Waals surface area contributed by atoms with E-state index in [9.17, 15) is 14.0 Å². The Balaban J connectivity index is 0.00000225. The minimum atomic E-state index is -0.620. The van der Waals surface area contributed by atoms with Crippen LogP contribution in [0.2, 0.25) is 0 Å². The quantitative estimate of drug-likeness (QED) is 0.847. The summed E-state index contributed by atoms with van der Waals surface area (Å²) in [5, 5.41) is 2.64. The molecule has 1 saturated heterocycles. The van der Waals surface area contributed by atoms with Gasteiger partial charge in [-0.05, 0) is 37.0 Å². The number of aryl methyl sites for hydroxylation is 1. The average molecular weight is 372 g/mol. The van der Waals surface area contributed by atoms with E-state index in [-0.39, 0.29) is 41.9 Å². The molecule has 3 rings (SSSR count). The minimum Gasteiger partial charge on any atom is -0.381 e. The summed E-state index contributed by atoms with van der Waals surface area (Å²) in [5.74, 6) is -1.10. The van der Waals surface area contributed by atoms with E-state index in [2.05, 4.69) is 5.32 Å². The lowest BCUT2D eigenvalue weighted by molar-refractivity contribution is -0.116. The zero-order valence-corrected chi connectivity index (χ0v) is 14.9. The van der Waals surface area contributed by atoms with Crippen LogP contribution in [0.3, 0.4) is 0 Å². The number of amides is 2. The van der Waals surface area contributed by atoms with E-state index >= 15 is 0 Å². The van der Waals surface area contributed by atoms with E-state index in [1.54, 1.807) is 18.1 Å². The topological polar surface area (TPSA) is 84.7 Å². The zero-order valence-electron chi connectivity index (χ0n) is 14.1. The third-order valence-electron chi connectivity index (χ3n) is 4.85. The molecule has 1 aromatic rings. The Kier molecular flexibility index (Phi) is 6.37. The number of nitrogens with one attached hydrogen (secondary N) is 1. The molecule has 25 heavy (non-hydrogen) atoms. The highest BCUT2D eigenvalue weighted by Gasteiger charge is 2.33. The zero-order chi connectivity index (χ0) is 17.3. The third-order valence-corrected chi connectivity index (χ3v) is 4.85. The number of hydrogen-bond acceptors (Lipinski definition) is 4. The van der Waals surface area contributed by atoms with Gasteiger partial charge in [0.2, 0.25) is 5.91 Å². The molecule has 1 aromatic carbocycles. The lowest BCUT2D eigenvalue weighted by Gasteiger charge is -2.38. The van der Waals surface area contributed by atoms with Crippen molar-refractivity contribution in [2.75, 3.05) is 25.5 Å². The summed E-state index contributed by atoms with van der Waals surface area (Å²) in [5.41, 5.74) is 7.08. The Bertz CT molecular complexity index is 671. The van der Waals surface area contributed by atoms with E-state index in [0.29, 0.717) is 44.5 Å². The number of methoxy groups -OCH3 is 1. The molecule has 2 heterocycles. The van der Waals surface area contributed by atoms with Gasteiger partial charge in [-0.2, -0.15) is 0 Å². The van der Waals surface area contributed by atoms with Crippen molar-refractivity contribution in [2.45, 2.75) is 37.8 Å². The number of carbonyl (C=O) groups is 2. The van der Waals surface area contributed by atoms with Gasteiger partial charge in [-0.25, -0.2) is 4.39 Å². The molecule has 0 radical (unpaired) electrons. The lowest BCUT2D eigenvalue weighted by Crippen LogP contribution is -2.51. The monoisotopic (exact) mass is 371 g/mol. The highest BCUT2D eigenvalue weighted by Crippen LogP contribution is 2.28. The number of likely N-dealkylation sites (tertiary alicyclic amines) is 1. The fourth-order valence-electron chi connectivity index (χ4n) is 3.44. The first-order chi connectivity index (χ1) is 11.5. The molecular weight excluding hydrogens is 349 g/mol. The molecule has 138 valence electrons. The van der Waals surface area contributed by atoms with Crippen LogP contribution in [0.4, 0.5) is 10.1 Å². The molecule has 6 nitrogen and oxygen atoms in total. The summed E-state index contributed by atoms with van der Waals surface area (Å²) in [7, 11) is 1.65. The molecule has 2 unspecified atom stereocenters. The maximum absolute atomic E-state index is 14.4. The summed E-state index contributed by atoms with van der Waals surface area (Å²) < 4.78 is 19.8. The van der Waals surface area contributed by atoms with Crippen LogP contribution >= 0.6 is 12.4 Å². The number of benzene rings is 1. The molecule has 3 N–H and O–H groups in total. The van der Waals surface area contributed by atoms with Crippen molar-refractivity contribution in [3.05, 3.63) is 29.1 Å². The number of nitrogens with zero attached hydrogens (tertiary/aromatic N) is 1. The number of halogens is 2. The molecule has 2 aliphatic rings. The van der Waals surface area contributed by atoms with E-state index in [1.807, 2.05) is 0 Å². The van der Waals surface area contributed by atoms with Crippen molar-refractivity contribution < 1.29 is 18.7 Å². The molecule has 0 saturated carbocycles. The molecule has 2 aliphatic heterocycles. The first-order valence-electron chi connectivity index (χ1n) is 8.19. The third kappa shape index (κ3) is 3.94. The number of rotatable bonds is 3. The maximum atomic E-state index is 14.4. The second kappa shape index (κ2) is 8.12. The number of piperidine rings is 1. The van der Waals surface area contributed by atoms with Gasteiger partial charge in [0.15, 0.2) is 0 Å². The van der Waals surface area contributed by atoms with E-state index < -0.39 is 5.82 Å². The highest BCUT2D eigenvalue weighted by atomic mass is 35.5. The predicted octanol–water partition coefficient (Wildman–Crippen LogP) is 1.71.